The van der Waals surface area contributed by atoms with Gasteiger partial charge >= 0.3 is 0 Å². The largest absolute Gasteiger partial charge is 0.0600 e. The zero-order valence-corrected chi connectivity index (χ0v) is 7.66. The maximum Gasteiger partial charge on any atom is 0.0280 e. The van der Waals surface area contributed by atoms with Gasteiger partial charge in [0.05, 0.1) is 0 Å². The van der Waals surface area contributed by atoms with Gasteiger partial charge in [0.1, 0.15) is 0 Å². The molecule has 0 nitrogen and oxygen atoms in total. The summed E-state index contributed by atoms with van der Waals surface area (Å²) in [4.78, 5) is 0. The van der Waals surface area contributed by atoms with Crippen molar-refractivity contribution in [3.8, 4) is 0 Å². The van der Waals surface area contributed by atoms with Crippen LogP contribution < -0.4 is 0 Å². The topological polar surface area (TPSA) is 0 Å². The maximum absolute atomic E-state index is 7.23. The maximum atomic E-state index is 7.23. The normalized spacial score (nSPS) is 16.0. The van der Waals surface area contributed by atoms with Gasteiger partial charge in [-0.1, -0.05) is 37.9 Å². The Hall–Kier alpha value is 0.180. The zero-order chi connectivity index (χ0) is 9.35. The van der Waals surface area contributed by atoms with E-state index in [2.05, 4.69) is 31.9 Å². The molecule has 0 bridgehead atoms. The fourth-order valence-electron chi connectivity index (χ4n) is 0.498. The summed E-state index contributed by atoms with van der Waals surface area (Å²) in [7, 11) is 0. The summed E-state index contributed by atoms with van der Waals surface area (Å²) in [6.07, 6.45) is 0. The minimum atomic E-state index is -2.07. The van der Waals surface area contributed by atoms with E-state index < -0.39 is 6.85 Å². The van der Waals surface area contributed by atoms with Gasteiger partial charge in [-0.2, -0.15) is 0 Å². The molecule has 0 aliphatic rings. The monoisotopic (exact) mass is 251 g/mol. The molecule has 1 aromatic rings. The van der Waals surface area contributed by atoms with Crippen molar-refractivity contribution in [3.63, 3.8) is 0 Å². The number of rotatable bonds is 0. The summed E-state index contributed by atoms with van der Waals surface area (Å²) < 4.78 is 22.9. The van der Waals surface area contributed by atoms with Gasteiger partial charge in [0, 0.05) is 13.1 Å². The van der Waals surface area contributed by atoms with E-state index in [0.29, 0.717) is 14.5 Å². The van der Waals surface area contributed by atoms with E-state index in [0.717, 1.165) is 0 Å². The molecular formula is C7H6Br2. The van der Waals surface area contributed by atoms with Crippen LogP contribution in [0.1, 0.15) is 9.68 Å². The third-order valence-corrected chi connectivity index (χ3v) is 2.28. The Morgan fingerprint density at radius 2 is 1.89 bits per heavy atom. The molecule has 0 fully saturated rings. The van der Waals surface area contributed by atoms with Crippen LogP contribution in [0.5, 0.6) is 0 Å². The van der Waals surface area contributed by atoms with Crippen LogP contribution in [0.2, 0.25) is 0 Å². The van der Waals surface area contributed by atoms with Crippen LogP contribution in [0.4, 0.5) is 0 Å². The third kappa shape index (κ3) is 1.55. The molecule has 0 heterocycles. The van der Waals surface area contributed by atoms with E-state index in [4.69, 9.17) is 4.11 Å². The Morgan fingerprint density at radius 3 is 2.22 bits per heavy atom. The highest BCUT2D eigenvalue weighted by Crippen LogP contribution is 2.23. The second kappa shape index (κ2) is 2.84. The van der Waals surface area contributed by atoms with Gasteiger partial charge in [-0.15, -0.1) is 0 Å². The molecule has 2 heteroatoms. The average molecular weight is 253 g/mol. The van der Waals surface area contributed by atoms with E-state index in [1.54, 1.807) is 18.2 Å². The first-order valence-corrected chi connectivity index (χ1v) is 3.96. The lowest BCUT2D eigenvalue weighted by molar-refractivity contribution is 1.40. The molecule has 1 rings (SSSR count). The van der Waals surface area contributed by atoms with Crippen molar-refractivity contribution in [2.75, 3.05) is 0 Å². The number of benzene rings is 1. The molecule has 1 aromatic carbocycles. The number of halogens is 2. The fraction of sp³-hybridized carbons (Fsp3) is 0.143. The van der Waals surface area contributed by atoms with Crippen LogP contribution in [0.25, 0.3) is 0 Å². The Morgan fingerprint density at radius 1 is 1.33 bits per heavy atom. The van der Waals surface area contributed by atoms with E-state index in [1.807, 2.05) is 0 Å². The first-order valence-electron chi connectivity index (χ1n) is 3.87. The highest BCUT2D eigenvalue weighted by Gasteiger charge is 1.95. The predicted octanol–water partition coefficient (Wildman–Crippen LogP) is 3.52. The van der Waals surface area contributed by atoms with Crippen molar-refractivity contribution in [2.45, 2.75) is 6.85 Å². The third-order valence-electron chi connectivity index (χ3n) is 0.963. The van der Waals surface area contributed by atoms with Gasteiger partial charge in [-0.05, 0) is 24.5 Å². The van der Waals surface area contributed by atoms with Crippen molar-refractivity contribution in [1.29, 1.82) is 0 Å². The van der Waals surface area contributed by atoms with Crippen LogP contribution in [-0.2, 0) is 0 Å². The molecule has 0 aliphatic heterocycles. The minimum absolute atomic E-state index is 0.324. The van der Waals surface area contributed by atoms with E-state index in [-0.39, 0.29) is 0 Å². The Labute approximate surface area is 75.7 Å². The lowest BCUT2D eigenvalue weighted by atomic mass is 10.2. The Kier molecular flexibility index (Phi) is 1.31. The van der Waals surface area contributed by atoms with Crippen molar-refractivity contribution >= 4 is 31.9 Å². The van der Waals surface area contributed by atoms with Crippen LogP contribution in [0, 0.1) is 6.85 Å². The van der Waals surface area contributed by atoms with Crippen molar-refractivity contribution in [3.05, 3.63) is 32.7 Å². The van der Waals surface area contributed by atoms with Gasteiger partial charge < -0.3 is 0 Å². The molecule has 0 saturated carbocycles. The molecule has 0 aromatic heterocycles. The summed E-state index contributed by atoms with van der Waals surface area (Å²) >= 11 is 6.39. The van der Waals surface area contributed by atoms with Crippen LogP contribution in [0.15, 0.2) is 27.1 Å². The standard InChI is InChI=1S/C7H6Br2/c1-5-6(8)3-2-4-7(5)9/h2-4H,1H3/i1D3. The molecule has 0 N–H and O–H groups in total. The molecule has 0 atom stereocenters. The average Bonchev–Trinajstić information content (AvgIpc) is 1.82. The first kappa shape index (κ1) is 4.14. The summed E-state index contributed by atoms with van der Waals surface area (Å²) in [5, 5.41) is 0. The molecule has 0 radical (unpaired) electrons. The van der Waals surface area contributed by atoms with E-state index >= 15 is 0 Å². The smallest absolute Gasteiger partial charge is 0.0280 e. The number of hydrogen-bond donors (Lipinski definition) is 0. The molecule has 0 saturated heterocycles. The van der Waals surface area contributed by atoms with Crippen LogP contribution in [0.3, 0.4) is 0 Å². The molecule has 0 aliphatic carbocycles. The molecule has 48 valence electrons. The lowest BCUT2D eigenvalue weighted by Crippen LogP contribution is -1.74. The number of hydrogen-bond acceptors (Lipinski definition) is 0. The molecule has 0 amide bonds. The van der Waals surface area contributed by atoms with E-state index in [9.17, 15) is 0 Å². The summed E-state index contributed by atoms with van der Waals surface area (Å²) in [5.74, 6) is 0. The highest BCUT2D eigenvalue weighted by molar-refractivity contribution is 9.11. The molecular weight excluding hydrogens is 244 g/mol. The highest BCUT2D eigenvalue weighted by atomic mass is 79.9. The van der Waals surface area contributed by atoms with Gasteiger partial charge in [0.15, 0.2) is 0 Å². The summed E-state index contributed by atoms with van der Waals surface area (Å²) in [6, 6.07) is 5.21. The second-order valence-corrected chi connectivity index (χ2v) is 3.31. The quantitative estimate of drug-likeness (QED) is 0.663. The van der Waals surface area contributed by atoms with Gasteiger partial charge in [-0.3, -0.25) is 0 Å². The fourth-order valence-corrected chi connectivity index (χ4v) is 1.50. The van der Waals surface area contributed by atoms with Gasteiger partial charge in [0.25, 0.3) is 0 Å². The van der Waals surface area contributed by atoms with Crippen molar-refractivity contribution in [1.82, 2.24) is 0 Å². The van der Waals surface area contributed by atoms with E-state index in [1.165, 1.54) is 0 Å². The zero-order valence-electron chi connectivity index (χ0n) is 7.49. The minimum Gasteiger partial charge on any atom is -0.0600 e. The Bertz CT molecular complexity index is 273. The van der Waals surface area contributed by atoms with Crippen LogP contribution >= 0.6 is 31.9 Å². The lowest BCUT2D eigenvalue weighted by Gasteiger charge is -1.97. The SMILES string of the molecule is [2H]C([2H])([2H])c1c(Br)cccc1Br. The molecule has 0 unspecified atom stereocenters. The molecule has 0 spiro atoms. The van der Waals surface area contributed by atoms with Gasteiger partial charge in [0.2, 0.25) is 0 Å². The van der Waals surface area contributed by atoms with Gasteiger partial charge in [-0.25, -0.2) is 0 Å². The summed E-state index contributed by atoms with van der Waals surface area (Å²) in [5.41, 5.74) is 0.324. The van der Waals surface area contributed by atoms with Crippen molar-refractivity contribution < 1.29 is 4.11 Å². The predicted molar refractivity (Wildman–Crippen MR) is 46.6 cm³/mol. The van der Waals surface area contributed by atoms with Crippen LogP contribution in [-0.4, -0.2) is 0 Å². The second-order valence-electron chi connectivity index (χ2n) is 1.60. The summed E-state index contributed by atoms with van der Waals surface area (Å²) in [6.45, 7) is -2.07. The van der Waals surface area contributed by atoms with Crippen molar-refractivity contribution in [2.24, 2.45) is 0 Å². The first-order chi connectivity index (χ1) is 5.43. The Balaban J connectivity index is 3.31. The molecule has 9 heavy (non-hydrogen) atoms.